The van der Waals surface area contributed by atoms with Gasteiger partial charge in [-0.3, -0.25) is 69.3 Å². The molecule has 4 amide bonds. The molecule has 5 aliphatic heterocycles. The van der Waals surface area contributed by atoms with Gasteiger partial charge in [-0.1, -0.05) is 0 Å². The van der Waals surface area contributed by atoms with Crippen LogP contribution < -0.4 is 43.0 Å². The summed E-state index contributed by atoms with van der Waals surface area (Å²) in [7, 11) is 6.57. The number of anilines is 3. The van der Waals surface area contributed by atoms with Crippen molar-refractivity contribution in [2.45, 2.75) is 177 Å². The Morgan fingerprint density at radius 1 is 0.566 bits per heavy atom. The van der Waals surface area contributed by atoms with Crippen LogP contribution >= 0.6 is 0 Å². The van der Waals surface area contributed by atoms with Crippen LogP contribution in [0.3, 0.4) is 0 Å². The first-order chi connectivity index (χ1) is 60.9. The first kappa shape index (κ1) is 105. The van der Waals surface area contributed by atoms with Gasteiger partial charge >= 0.3 is 18.0 Å². The third kappa shape index (κ3) is 27.3. The molecule has 7 aromatic carbocycles. The SMILES string of the molecule is CC(=O)NC[C@H]1CN(c2cc(C)c(C3CCNC3)c(C)c2)C(=O)O1.COC(=O)C1(c2c(C)cc([N+](=O)[O-])cc2C)CCNC1=O.COOCC(C(=O)OC)c1c(C)cc([N+](=O)[O-])cc1C.COOCC(CC#N)(COOC)c1c(C)cc([N+](=O)[O-])cc1C.Cc1cc(N)cc(C)c1C1CCNC1.Cc1cc(N)cc(C)c1C1CCNC1=O.Cc1cc([N+](=O)[O-])cc(C)c1F. The van der Waals surface area contributed by atoms with E-state index in [1.165, 1.54) is 145 Å². The number of rotatable bonds is 25. The molecule has 0 radical (unpaired) electrons. The summed E-state index contributed by atoms with van der Waals surface area (Å²) in [6, 6.07) is 25.3. The average Bonchev–Trinajstić information content (AvgIpc) is 1.68. The van der Waals surface area contributed by atoms with Crippen molar-refractivity contribution in [1.82, 2.24) is 26.6 Å². The van der Waals surface area contributed by atoms with Gasteiger partial charge in [0.2, 0.25) is 17.7 Å². The molecule has 0 spiro atoms. The highest BCUT2D eigenvalue weighted by molar-refractivity contribution is 6.10. The number of nitrogens with two attached hydrogens (primary N) is 2. The molecule has 37 heteroatoms. The van der Waals surface area contributed by atoms with E-state index in [0.717, 1.165) is 84.9 Å². The van der Waals surface area contributed by atoms with Crippen molar-refractivity contribution >= 4 is 75.6 Å². The number of nitrogen functional groups attached to an aromatic ring is 2. The van der Waals surface area contributed by atoms with Crippen LogP contribution in [0.25, 0.3) is 0 Å². The number of carbonyl (C=O) groups is 6. The summed E-state index contributed by atoms with van der Waals surface area (Å²) in [4.78, 5) is 143. The molecule has 0 bridgehead atoms. The monoisotopic (exact) mass is 1790 g/mol. The molecule has 698 valence electrons. The minimum Gasteiger partial charge on any atom is -0.468 e. The number of carbonyl (C=O) groups excluding carboxylic acids is 6. The van der Waals surface area contributed by atoms with Crippen LogP contribution in [-0.2, 0) is 78.3 Å². The number of esters is 2. The fourth-order valence-electron chi connectivity index (χ4n) is 17.7. The second kappa shape index (κ2) is 48.6. The number of aryl methyl sites for hydroxylation is 14. The Hall–Kier alpha value is -12.5. The Balaban J connectivity index is 0.000000235. The summed E-state index contributed by atoms with van der Waals surface area (Å²) in [6.45, 7) is 33.7. The van der Waals surface area contributed by atoms with Crippen LogP contribution in [0, 0.1) is 155 Å². The number of hydrogen-bond donors (Lipinski definition) is 7. The fourth-order valence-corrected chi connectivity index (χ4v) is 17.7. The molecule has 5 heterocycles. The number of nitriles is 1. The standard InChI is InChI=1S/C18H25N3O3.C15H20N2O6.C14H16N2O5.C13H17NO6.C12H16N2O.C12H18N2.C8H8FNO2/c1-11-6-15(7-12(2)17(11)14-4-5-19-8-14)21-10-16(24-18(21)23)9-20-13(3)22;1-11-7-13(17(18)19)8-12(2)14(11)15(5-6-16,9-22-20-3)10-23-21-4;1-8-6-10(16(19)20)7-9(2)11(8)14(13(18)21-3)4-5-15-12(14)17;1-8-5-10(14(16)17)6-9(2)12(8)11(7-20-19-4)13(15)18-3;1-7-5-9(13)6-8(2)11(7)10-3-4-14-12(10)15;1-8-5-11(13)6-9(2)12(8)10-3-4-14-7-10;1-5-3-7(10(11)12)4-6(2)8(5)9/h6-7,14,16,19H,4-5,8-10H2,1-3H3,(H,20,22);7-8H,5,9-10H2,1-4H3;6-7H,4-5H2,1-3H3,(H,15,17);5-6,11H,7H2,1-4H3;5-6,10H,3-4,13H2,1-2H3,(H,14,15);5-6,10,14H,3-4,7,13H2,1-2H3;3-4H,1-2H3/t14?,16-;;;;;;/m0....../s1. The number of nitrogens with one attached hydrogen (secondary N) is 5. The zero-order valence-corrected chi connectivity index (χ0v) is 76.9. The molecule has 7 aromatic rings. The maximum atomic E-state index is 13.0. The van der Waals surface area contributed by atoms with Gasteiger partial charge in [0.05, 0.1) is 106 Å². The summed E-state index contributed by atoms with van der Waals surface area (Å²) < 4.78 is 27.9. The molecule has 0 aromatic heterocycles. The first-order valence-electron chi connectivity index (χ1n) is 41.7. The molecule has 5 saturated heterocycles. The van der Waals surface area contributed by atoms with Crippen molar-refractivity contribution in [3.8, 4) is 6.07 Å². The number of nitrogens with zero attached hydrogens (tertiary/aromatic N) is 6. The predicted molar refractivity (Wildman–Crippen MR) is 481 cm³/mol. The molecule has 5 unspecified atom stereocenters. The lowest BCUT2D eigenvalue weighted by atomic mass is 9.74. The van der Waals surface area contributed by atoms with Gasteiger partial charge in [0, 0.05) is 105 Å². The molecule has 9 N–H and O–H groups in total. The number of ether oxygens (including phenoxy) is 3. The normalized spacial score (nSPS) is 17.3. The van der Waals surface area contributed by atoms with Gasteiger partial charge in [-0.2, -0.15) is 5.26 Å². The molecule has 0 saturated carbocycles. The fraction of sp³-hybridized carbons (Fsp3) is 0.467. The molecular formula is C92H120FN13O23. The Labute approximate surface area is 749 Å². The number of amides is 4. The van der Waals surface area contributed by atoms with E-state index >= 15 is 0 Å². The maximum absolute atomic E-state index is 13.0. The quantitative estimate of drug-likeness (QED) is 0.00531. The van der Waals surface area contributed by atoms with Crippen LogP contribution in [0.4, 0.5) is 49.0 Å². The van der Waals surface area contributed by atoms with E-state index in [2.05, 4.69) is 99.3 Å². The highest BCUT2D eigenvalue weighted by Gasteiger charge is 2.54. The van der Waals surface area contributed by atoms with E-state index in [-0.39, 0.29) is 91.2 Å². The largest absolute Gasteiger partial charge is 0.468 e. The smallest absolute Gasteiger partial charge is 0.414 e. The van der Waals surface area contributed by atoms with Gasteiger partial charge in [0.15, 0.2) is 5.41 Å². The molecule has 5 aliphatic rings. The average molecular weight is 1800 g/mol. The number of nitro groups is 4. The molecule has 5 fully saturated rings. The zero-order chi connectivity index (χ0) is 96.2. The molecule has 6 atom stereocenters. The molecule has 129 heavy (non-hydrogen) atoms. The number of non-ortho nitro benzene ring substituents is 4. The van der Waals surface area contributed by atoms with Crippen LogP contribution in [0.15, 0.2) is 84.9 Å². The summed E-state index contributed by atoms with van der Waals surface area (Å²) in [5, 5.41) is 67.3. The number of hydrogen-bond acceptors (Lipinski definition) is 28. The highest BCUT2D eigenvalue weighted by atomic mass is 19.1. The number of methoxy groups -OCH3 is 2. The lowest BCUT2D eigenvalue weighted by Crippen LogP contribution is -2.44. The Kier molecular flexibility index (Phi) is 39.6. The van der Waals surface area contributed by atoms with Crippen LogP contribution in [-0.4, -0.2) is 169 Å². The summed E-state index contributed by atoms with van der Waals surface area (Å²) >= 11 is 0. The number of benzene rings is 7. The maximum Gasteiger partial charge on any atom is 0.414 e. The first-order valence-corrected chi connectivity index (χ1v) is 41.7. The van der Waals surface area contributed by atoms with Crippen LogP contribution in [0.1, 0.15) is 174 Å². The van der Waals surface area contributed by atoms with Gasteiger partial charge in [0.25, 0.3) is 22.7 Å². The molecular weight excluding hydrogens is 1670 g/mol. The van der Waals surface area contributed by atoms with Crippen molar-refractivity contribution in [3.63, 3.8) is 0 Å². The predicted octanol–water partition coefficient (Wildman–Crippen LogP) is 13.4. The van der Waals surface area contributed by atoms with Crippen molar-refractivity contribution in [3.05, 3.63) is 242 Å². The lowest BCUT2D eigenvalue weighted by molar-refractivity contribution is -0.385. The zero-order valence-electron chi connectivity index (χ0n) is 76.9. The van der Waals surface area contributed by atoms with E-state index in [0.29, 0.717) is 87.1 Å². The second-order valence-corrected chi connectivity index (χ2v) is 32.4. The Bertz CT molecular complexity index is 5110. The van der Waals surface area contributed by atoms with Crippen molar-refractivity contribution in [2.24, 2.45) is 0 Å². The van der Waals surface area contributed by atoms with Gasteiger partial charge < -0.3 is 52.3 Å². The van der Waals surface area contributed by atoms with E-state index in [1.807, 2.05) is 26.0 Å². The van der Waals surface area contributed by atoms with E-state index < -0.39 is 54.3 Å². The van der Waals surface area contributed by atoms with Crippen LogP contribution in [0.2, 0.25) is 0 Å². The summed E-state index contributed by atoms with van der Waals surface area (Å²) in [5.74, 6) is -1.33. The van der Waals surface area contributed by atoms with E-state index in [9.17, 15) is 78.9 Å². The number of halogens is 1. The van der Waals surface area contributed by atoms with Gasteiger partial charge in [-0.15, -0.1) is 0 Å². The van der Waals surface area contributed by atoms with Crippen molar-refractivity contribution in [2.75, 3.05) is 124 Å². The lowest BCUT2D eigenvalue weighted by Gasteiger charge is -2.32. The van der Waals surface area contributed by atoms with Gasteiger partial charge in [-0.25, -0.2) is 38.5 Å². The third-order valence-electron chi connectivity index (χ3n) is 23.0. The summed E-state index contributed by atoms with van der Waals surface area (Å²) in [6.07, 6.45) is 3.00. The van der Waals surface area contributed by atoms with Crippen molar-refractivity contribution in [1.29, 1.82) is 5.26 Å². The van der Waals surface area contributed by atoms with Crippen molar-refractivity contribution < 1.29 is 96.4 Å². The van der Waals surface area contributed by atoms with Crippen LogP contribution in [0.5, 0.6) is 0 Å². The van der Waals surface area contributed by atoms with Gasteiger partial charge in [0.1, 0.15) is 17.8 Å². The minimum atomic E-state index is -1.42. The molecule has 36 nitrogen and oxygen atoms in total. The molecule has 12 rings (SSSR count). The van der Waals surface area contributed by atoms with Gasteiger partial charge in [-0.05, 0) is 295 Å². The highest BCUT2D eigenvalue weighted by Crippen LogP contribution is 2.42. The number of nitro benzene ring substituents is 4. The topological polar surface area (TPSA) is 497 Å². The number of cyclic esters (lactones) is 1. The third-order valence-corrected chi connectivity index (χ3v) is 23.0. The summed E-state index contributed by atoms with van der Waals surface area (Å²) in [5.41, 5.74) is 29.3. The Morgan fingerprint density at radius 3 is 1.35 bits per heavy atom. The molecule has 0 aliphatic carbocycles. The minimum absolute atomic E-state index is 0.00470. The van der Waals surface area contributed by atoms with E-state index in [1.54, 1.807) is 46.4 Å². The van der Waals surface area contributed by atoms with E-state index in [4.69, 9.17) is 40.3 Å². The Morgan fingerprint density at radius 2 is 0.984 bits per heavy atom. The second-order valence-electron chi connectivity index (χ2n) is 32.4.